The van der Waals surface area contributed by atoms with Crippen LogP contribution in [0.4, 0.5) is 0 Å². The molecule has 0 aromatic heterocycles. The molecule has 0 aliphatic carbocycles. The Balaban J connectivity index is 1.78. The summed E-state index contributed by atoms with van der Waals surface area (Å²) in [5, 5.41) is 0.00588. The zero-order valence-corrected chi connectivity index (χ0v) is 22.8. The maximum absolute atomic E-state index is 13.0. The van der Waals surface area contributed by atoms with Gasteiger partial charge in [-0.05, 0) is 55.6 Å². The van der Waals surface area contributed by atoms with E-state index in [4.69, 9.17) is 13.9 Å². The van der Waals surface area contributed by atoms with Crippen LogP contribution in [0.25, 0.3) is 0 Å². The third kappa shape index (κ3) is 6.48. The minimum Gasteiger partial charge on any atom is -0.459 e. The molecule has 0 bridgehead atoms. The first-order valence-electron chi connectivity index (χ1n) is 12.4. The van der Waals surface area contributed by atoms with Crippen molar-refractivity contribution >= 4 is 26.0 Å². The fourth-order valence-electron chi connectivity index (χ4n) is 4.02. The Hall–Kier alpha value is -2.29. The van der Waals surface area contributed by atoms with Gasteiger partial charge in [0.1, 0.15) is 18.4 Å². The van der Waals surface area contributed by atoms with Crippen molar-refractivity contribution in [3.63, 3.8) is 0 Å². The van der Waals surface area contributed by atoms with Crippen LogP contribution in [0.3, 0.4) is 0 Å². The molecular weight excluding hydrogens is 462 g/mol. The van der Waals surface area contributed by atoms with Gasteiger partial charge in [-0.15, -0.1) is 0 Å². The van der Waals surface area contributed by atoms with Crippen LogP contribution in [-0.2, 0) is 23.5 Å². The normalized spacial score (nSPS) is 25.6. The molecule has 1 saturated heterocycles. The van der Waals surface area contributed by atoms with E-state index < -0.39 is 26.1 Å². The van der Waals surface area contributed by atoms with Gasteiger partial charge in [-0.2, -0.15) is 0 Å². The van der Waals surface area contributed by atoms with Gasteiger partial charge in [-0.3, -0.25) is 14.5 Å². The number of benzene rings is 1. The number of ketones is 1. The molecule has 2 aliphatic rings. The van der Waals surface area contributed by atoms with Crippen molar-refractivity contribution in [2.45, 2.75) is 83.3 Å². The van der Waals surface area contributed by atoms with Gasteiger partial charge in [0, 0.05) is 18.5 Å². The van der Waals surface area contributed by atoms with Crippen molar-refractivity contribution in [2.24, 2.45) is 5.92 Å². The molecule has 0 spiro atoms. The van der Waals surface area contributed by atoms with Crippen LogP contribution in [0.1, 0.15) is 63.7 Å². The van der Waals surface area contributed by atoms with Crippen LogP contribution in [-0.4, -0.2) is 55.9 Å². The largest absolute Gasteiger partial charge is 0.459 e. The highest BCUT2D eigenvalue weighted by Gasteiger charge is 2.48. The monoisotopic (exact) mass is 501 g/mol. The molecule has 3 rings (SSSR count). The van der Waals surface area contributed by atoms with Gasteiger partial charge >= 0.3 is 5.97 Å². The van der Waals surface area contributed by atoms with Crippen molar-refractivity contribution in [1.82, 2.24) is 4.90 Å². The van der Waals surface area contributed by atoms with Crippen LogP contribution in [0.5, 0.6) is 0 Å². The molecule has 192 valence electrons. The van der Waals surface area contributed by atoms with Crippen LogP contribution in [0, 0.1) is 5.92 Å². The standard InChI is InChI=1S/C27H39NO6Si/c1-7-20-17-23(30)28(16-14-22(20)29)24-13-15-27(34-24,19-33-35(5,6)26(2,3)4)18-32-25(31)21-11-9-8-10-12-21/h8-12,14,16,20,24H,7,13,15,17-19H2,1-6H3/t20?,24-,27-/m1/s1. The maximum atomic E-state index is 13.0. The Morgan fingerprint density at radius 3 is 2.49 bits per heavy atom. The van der Waals surface area contributed by atoms with E-state index in [9.17, 15) is 14.4 Å². The molecule has 1 aromatic carbocycles. The van der Waals surface area contributed by atoms with Gasteiger partial charge < -0.3 is 13.9 Å². The molecule has 1 amide bonds. The summed E-state index contributed by atoms with van der Waals surface area (Å²) >= 11 is 0. The Morgan fingerprint density at radius 1 is 1.17 bits per heavy atom. The first kappa shape index (κ1) is 27.3. The van der Waals surface area contributed by atoms with Crippen molar-refractivity contribution in [3.8, 4) is 0 Å². The van der Waals surface area contributed by atoms with E-state index in [2.05, 4.69) is 33.9 Å². The smallest absolute Gasteiger partial charge is 0.338 e. The highest BCUT2D eigenvalue weighted by Crippen LogP contribution is 2.40. The maximum Gasteiger partial charge on any atom is 0.338 e. The lowest BCUT2D eigenvalue weighted by Gasteiger charge is -2.40. The van der Waals surface area contributed by atoms with Crippen molar-refractivity contribution < 1.29 is 28.3 Å². The summed E-state index contributed by atoms with van der Waals surface area (Å²) in [7, 11) is -2.11. The SMILES string of the molecule is CCC1CC(=O)N([C@H]2CC[C@@](COC(=O)c3ccccc3)(CO[Si](C)(C)C(C)(C)C)O2)C=CC1=O. The average molecular weight is 502 g/mol. The van der Waals surface area contributed by atoms with Crippen molar-refractivity contribution in [2.75, 3.05) is 13.2 Å². The molecule has 2 heterocycles. The zero-order chi connectivity index (χ0) is 25.9. The molecule has 1 aromatic rings. The predicted molar refractivity (Wildman–Crippen MR) is 136 cm³/mol. The third-order valence-electron chi connectivity index (χ3n) is 7.52. The lowest BCUT2D eigenvalue weighted by molar-refractivity contribution is -0.156. The fraction of sp³-hybridized carbons (Fsp3) is 0.593. The highest BCUT2D eigenvalue weighted by molar-refractivity contribution is 6.74. The zero-order valence-electron chi connectivity index (χ0n) is 21.8. The molecular formula is C27H39NO6Si. The average Bonchev–Trinajstić information content (AvgIpc) is 3.17. The minimum absolute atomic E-state index is 0.00588. The second-order valence-electron chi connectivity index (χ2n) is 11.1. The van der Waals surface area contributed by atoms with Crippen LogP contribution in [0.2, 0.25) is 18.1 Å². The van der Waals surface area contributed by atoms with E-state index in [1.807, 2.05) is 13.0 Å². The number of hydrogen-bond donors (Lipinski definition) is 0. The number of carbonyl (C=O) groups excluding carboxylic acids is 3. The number of esters is 1. The van der Waals surface area contributed by atoms with Gasteiger partial charge in [0.25, 0.3) is 0 Å². The van der Waals surface area contributed by atoms with Crippen molar-refractivity contribution in [3.05, 3.63) is 48.2 Å². The van der Waals surface area contributed by atoms with Gasteiger partial charge in [-0.25, -0.2) is 4.79 Å². The number of nitrogens with zero attached hydrogens (tertiary/aromatic N) is 1. The van der Waals surface area contributed by atoms with Crippen LogP contribution >= 0.6 is 0 Å². The fourth-order valence-corrected chi connectivity index (χ4v) is 5.07. The van der Waals surface area contributed by atoms with E-state index in [0.29, 0.717) is 24.8 Å². The second-order valence-corrected chi connectivity index (χ2v) is 15.9. The van der Waals surface area contributed by atoms with Crippen LogP contribution in [0.15, 0.2) is 42.6 Å². The molecule has 0 radical (unpaired) electrons. The Kier molecular flexibility index (Phi) is 8.39. The van der Waals surface area contributed by atoms with E-state index in [0.717, 1.165) is 0 Å². The van der Waals surface area contributed by atoms with E-state index in [-0.39, 0.29) is 42.3 Å². The topological polar surface area (TPSA) is 82.1 Å². The summed E-state index contributed by atoms with van der Waals surface area (Å²) in [6.45, 7) is 13.0. The number of carbonyl (C=O) groups is 3. The van der Waals surface area contributed by atoms with Gasteiger partial charge in [-0.1, -0.05) is 45.9 Å². The Labute approximate surface area is 209 Å². The number of rotatable bonds is 8. The molecule has 7 nitrogen and oxygen atoms in total. The minimum atomic E-state index is -2.11. The number of ether oxygens (including phenoxy) is 2. The first-order valence-corrected chi connectivity index (χ1v) is 15.4. The molecule has 35 heavy (non-hydrogen) atoms. The summed E-state index contributed by atoms with van der Waals surface area (Å²) in [4.78, 5) is 39.5. The van der Waals surface area contributed by atoms with Crippen LogP contribution < -0.4 is 0 Å². The van der Waals surface area contributed by atoms with E-state index >= 15 is 0 Å². The summed E-state index contributed by atoms with van der Waals surface area (Å²) in [6.07, 6.45) is 4.39. The predicted octanol–water partition coefficient (Wildman–Crippen LogP) is 5.08. The Bertz CT molecular complexity index is 954. The highest BCUT2D eigenvalue weighted by atomic mass is 28.4. The Morgan fingerprint density at radius 2 is 1.86 bits per heavy atom. The lowest BCUT2D eigenvalue weighted by Crippen LogP contribution is -2.49. The summed E-state index contributed by atoms with van der Waals surface area (Å²) < 4.78 is 18.7. The third-order valence-corrected chi connectivity index (χ3v) is 12.0. The quantitative estimate of drug-likeness (QED) is 0.365. The van der Waals surface area contributed by atoms with Gasteiger partial charge in [0.2, 0.25) is 5.91 Å². The second kappa shape index (κ2) is 10.8. The van der Waals surface area contributed by atoms with Gasteiger partial charge in [0.15, 0.2) is 14.1 Å². The van der Waals surface area contributed by atoms with E-state index in [1.54, 1.807) is 30.5 Å². The molecule has 1 unspecified atom stereocenters. The number of allylic oxidation sites excluding steroid dienone is 1. The number of hydrogen-bond acceptors (Lipinski definition) is 6. The van der Waals surface area contributed by atoms with Gasteiger partial charge in [0.05, 0.1) is 12.2 Å². The summed E-state index contributed by atoms with van der Waals surface area (Å²) in [6, 6.07) is 8.84. The summed E-state index contributed by atoms with van der Waals surface area (Å²) in [5.41, 5.74) is -0.406. The molecule has 0 saturated carbocycles. The van der Waals surface area contributed by atoms with E-state index in [1.165, 1.54) is 11.0 Å². The summed E-state index contributed by atoms with van der Waals surface area (Å²) in [5.74, 6) is -0.896. The first-order chi connectivity index (χ1) is 16.4. The number of amides is 1. The molecule has 3 atom stereocenters. The molecule has 1 fully saturated rings. The molecule has 8 heteroatoms. The van der Waals surface area contributed by atoms with Crippen molar-refractivity contribution in [1.29, 1.82) is 0 Å². The lowest BCUT2D eigenvalue weighted by atomic mass is 9.97. The molecule has 0 N–H and O–H groups in total. The molecule has 2 aliphatic heterocycles.